The number of unbranched alkanes of at least 4 members (excludes halogenated alkanes) is 1. The Labute approximate surface area is 294 Å². The maximum atomic E-state index is 6.02. The van der Waals surface area contributed by atoms with E-state index in [2.05, 4.69) is 98.3 Å². The first-order valence-electron chi connectivity index (χ1n) is 12.8. The number of hydrogen-bond acceptors (Lipinski definition) is 4. The van der Waals surface area contributed by atoms with Gasteiger partial charge in [0.25, 0.3) is 0 Å². The summed E-state index contributed by atoms with van der Waals surface area (Å²) in [5.41, 5.74) is 2.49. The van der Waals surface area contributed by atoms with E-state index in [9.17, 15) is 0 Å². The second-order valence-corrected chi connectivity index (χ2v) is 10.7. The van der Waals surface area contributed by atoms with Gasteiger partial charge in [-0.05, 0) is 55.8 Å². The van der Waals surface area contributed by atoms with Crippen molar-refractivity contribution in [2.24, 2.45) is 0 Å². The number of halogens is 7. The summed E-state index contributed by atoms with van der Waals surface area (Å²) < 4.78 is 0. The van der Waals surface area contributed by atoms with E-state index in [1.54, 1.807) is 0 Å². The van der Waals surface area contributed by atoms with E-state index in [1.165, 1.54) is 43.9 Å². The molecule has 2 aliphatic heterocycles. The molecule has 4 nitrogen and oxygen atoms in total. The van der Waals surface area contributed by atoms with Crippen molar-refractivity contribution in [3.8, 4) is 0 Å². The SMILES string of the molecule is CCCCN1CCN(c2cccc(Cl)c2)CC1.ClCCCBr.Clc1cccc(N2CCNCC2)c1.I.II. The molecule has 218 valence electrons. The van der Waals surface area contributed by atoms with Gasteiger partial charge in [-0.15, -0.1) is 35.6 Å². The van der Waals surface area contributed by atoms with Gasteiger partial charge in [-0.3, -0.25) is 4.90 Å². The van der Waals surface area contributed by atoms with E-state index >= 15 is 0 Å². The lowest BCUT2D eigenvalue weighted by Gasteiger charge is -2.36. The minimum absolute atomic E-state index is 0. The third-order valence-electron chi connectivity index (χ3n) is 5.93. The molecule has 0 saturated carbocycles. The van der Waals surface area contributed by atoms with E-state index < -0.39 is 0 Å². The van der Waals surface area contributed by atoms with Crippen LogP contribution in [-0.2, 0) is 0 Å². The van der Waals surface area contributed by atoms with Crippen LogP contribution in [0.3, 0.4) is 0 Å². The lowest BCUT2D eigenvalue weighted by molar-refractivity contribution is 0.254. The van der Waals surface area contributed by atoms with Gasteiger partial charge in [-0.1, -0.05) is 64.6 Å². The molecular formula is C27H41BrCl3I3N4. The predicted octanol–water partition coefficient (Wildman–Crippen LogP) is 9.41. The second kappa shape index (κ2) is 26.2. The second-order valence-electron chi connectivity index (χ2n) is 8.61. The topological polar surface area (TPSA) is 21.8 Å². The fourth-order valence-electron chi connectivity index (χ4n) is 3.93. The van der Waals surface area contributed by atoms with Gasteiger partial charge < -0.3 is 15.1 Å². The summed E-state index contributed by atoms with van der Waals surface area (Å²) in [7, 11) is 0. The van der Waals surface area contributed by atoms with E-state index in [0.29, 0.717) is 0 Å². The third kappa shape index (κ3) is 17.5. The molecule has 11 heteroatoms. The van der Waals surface area contributed by atoms with Crippen molar-refractivity contribution >= 4 is 123 Å². The van der Waals surface area contributed by atoms with Gasteiger partial charge in [0, 0.05) is 122 Å². The Morgan fingerprint density at radius 2 is 1.32 bits per heavy atom. The van der Waals surface area contributed by atoms with Crippen LogP contribution in [0.15, 0.2) is 48.5 Å². The monoisotopic (exact) mass is 986 g/mol. The third-order valence-corrected chi connectivity index (χ3v) is 7.23. The fourth-order valence-corrected chi connectivity index (χ4v) is 5.04. The molecule has 0 atom stereocenters. The quantitative estimate of drug-likeness (QED) is 0.221. The van der Waals surface area contributed by atoms with Gasteiger partial charge >= 0.3 is 0 Å². The number of hydrogen-bond donors (Lipinski definition) is 1. The standard InChI is InChI=1S/C14H21ClN2.C10H13ClN2.C3H6BrCl.I2.HI/c1-2-3-7-16-8-10-17(11-9-16)14-6-4-5-13(15)12-14;11-9-2-1-3-10(8-9)13-6-4-12-5-7-13;4-2-1-3-5;1-2;/h4-6,12H,2-3,7-11H2,1H3;1-3,8,12H,4-7H2;1-3H2;;1H. The van der Waals surface area contributed by atoms with Crippen molar-refractivity contribution in [2.75, 3.05) is 79.9 Å². The Morgan fingerprint density at radius 3 is 1.71 bits per heavy atom. The largest absolute Gasteiger partial charge is 0.369 e. The van der Waals surface area contributed by atoms with E-state index in [-0.39, 0.29) is 24.0 Å². The summed E-state index contributed by atoms with van der Waals surface area (Å²) in [5, 5.41) is 5.99. The smallest absolute Gasteiger partial charge is 0.0426 e. The van der Waals surface area contributed by atoms with Crippen LogP contribution in [0.4, 0.5) is 11.4 Å². The first-order valence-corrected chi connectivity index (χ1v) is 21.5. The number of benzene rings is 2. The van der Waals surface area contributed by atoms with Crippen molar-refractivity contribution in [1.29, 1.82) is 0 Å². The average Bonchev–Trinajstić information content (AvgIpc) is 2.95. The van der Waals surface area contributed by atoms with Crippen LogP contribution in [-0.4, -0.2) is 75.0 Å². The van der Waals surface area contributed by atoms with Gasteiger partial charge in [0.05, 0.1) is 0 Å². The van der Waals surface area contributed by atoms with E-state index in [4.69, 9.17) is 34.8 Å². The van der Waals surface area contributed by atoms with Crippen molar-refractivity contribution in [1.82, 2.24) is 10.2 Å². The Kier molecular flexibility index (Phi) is 27.2. The number of nitrogens with zero attached hydrogens (tertiary/aromatic N) is 3. The molecule has 4 rings (SSSR count). The summed E-state index contributed by atoms with van der Waals surface area (Å²) >= 11 is 24.7. The van der Waals surface area contributed by atoms with Gasteiger partial charge in [0.15, 0.2) is 0 Å². The van der Waals surface area contributed by atoms with Gasteiger partial charge in [0.1, 0.15) is 0 Å². The van der Waals surface area contributed by atoms with Crippen LogP contribution in [0.1, 0.15) is 26.2 Å². The Balaban J connectivity index is 0.000000579. The molecule has 0 radical (unpaired) electrons. The molecule has 2 aromatic rings. The number of anilines is 2. The molecule has 1 N–H and O–H groups in total. The molecule has 2 aromatic carbocycles. The maximum Gasteiger partial charge on any atom is 0.0426 e. The minimum atomic E-state index is 0. The Morgan fingerprint density at radius 1 is 0.816 bits per heavy atom. The van der Waals surface area contributed by atoms with E-state index in [0.717, 1.165) is 66.9 Å². The van der Waals surface area contributed by atoms with Crippen LogP contribution in [0.2, 0.25) is 10.0 Å². The summed E-state index contributed by atoms with van der Waals surface area (Å²) in [4.78, 5) is 7.33. The molecule has 0 aromatic heterocycles. The predicted molar refractivity (Wildman–Crippen MR) is 204 cm³/mol. The highest BCUT2D eigenvalue weighted by Crippen LogP contribution is 2.21. The highest BCUT2D eigenvalue weighted by atomic mass is 128. The molecule has 0 spiro atoms. The van der Waals surface area contributed by atoms with Crippen molar-refractivity contribution in [3.63, 3.8) is 0 Å². The summed E-state index contributed by atoms with van der Waals surface area (Å²) in [6.45, 7) is 12.3. The zero-order valence-electron chi connectivity index (χ0n) is 22.0. The molecule has 0 bridgehead atoms. The Hall–Kier alpha value is 1.50. The summed E-state index contributed by atoms with van der Waals surface area (Å²) in [6, 6.07) is 16.2. The van der Waals surface area contributed by atoms with Crippen molar-refractivity contribution < 1.29 is 0 Å². The molecule has 2 saturated heterocycles. The normalized spacial score (nSPS) is 15.0. The highest BCUT2D eigenvalue weighted by Gasteiger charge is 2.16. The lowest BCUT2D eigenvalue weighted by atomic mass is 10.2. The number of nitrogens with one attached hydrogen (secondary N) is 1. The van der Waals surface area contributed by atoms with Gasteiger partial charge in [0.2, 0.25) is 0 Å². The molecule has 2 aliphatic rings. The first kappa shape index (κ1) is 39.5. The molecular weight excluding hydrogens is 947 g/mol. The lowest BCUT2D eigenvalue weighted by Crippen LogP contribution is -2.46. The van der Waals surface area contributed by atoms with Crippen LogP contribution in [0.5, 0.6) is 0 Å². The van der Waals surface area contributed by atoms with Crippen molar-refractivity contribution in [2.45, 2.75) is 26.2 Å². The van der Waals surface area contributed by atoms with Crippen molar-refractivity contribution in [3.05, 3.63) is 58.6 Å². The average molecular weight is 989 g/mol. The summed E-state index contributed by atoms with van der Waals surface area (Å²) in [5.74, 6) is 0.769. The van der Waals surface area contributed by atoms with E-state index in [1.807, 2.05) is 30.3 Å². The summed E-state index contributed by atoms with van der Waals surface area (Å²) in [6.07, 6.45) is 3.67. The number of piperazine rings is 2. The molecule has 0 unspecified atom stereocenters. The molecule has 2 fully saturated rings. The zero-order chi connectivity index (χ0) is 27.3. The van der Waals surface area contributed by atoms with Gasteiger partial charge in [-0.25, -0.2) is 0 Å². The fraction of sp³-hybridized carbons (Fsp3) is 0.556. The van der Waals surface area contributed by atoms with Gasteiger partial charge in [-0.2, -0.15) is 0 Å². The number of alkyl halides is 2. The molecule has 0 aliphatic carbocycles. The van der Waals surface area contributed by atoms with Crippen LogP contribution < -0.4 is 15.1 Å². The number of rotatable bonds is 7. The Bertz CT molecular complexity index is 826. The van der Waals surface area contributed by atoms with Crippen LogP contribution in [0, 0.1) is 0 Å². The minimum Gasteiger partial charge on any atom is -0.369 e. The first-order chi connectivity index (χ1) is 18.1. The highest BCUT2D eigenvalue weighted by molar-refractivity contribution is 15.0. The van der Waals surface area contributed by atoms with Crippen LogP contribution in [0.25, 0.3) is 0 Å². The maximum absolute atomic E-state index is 6.02. The molecule has 2 heterocycles. The zero-order valence-corrected chi connectivity index (χ0v) is 32.5. The van der Waals surface area contributed by atoms with Crippen LogP contribution >= 0.6 is 112 Å². The molecule has 0 amide bonds. The molecule has 38 heavy (non-hydrogen) atoms.